The number of hydrogen-bond donors (Lipinski definition) is 1. The summed E-state index contributed by atoms with van der Waals surface area (Å²) in [6, 6.07) is 4.77. The Morgan fingerprint density at radius 3 is 2.73 bits per heavy atom. The number of carbonyl (C=O) groups excluding carboxylic acids is 2. The molecule has 0 amide bonds. The summed E-state index contributed by atoms with van der Waals surface area (Å²) < 4.78 is 5.23. The van der Waals surface area contributed by atoms with Gasteiger partial charge in [0.15, 0.2) is 11.9 Å². The Balaban J connectivity index is 2.58. The van der Waals surface area contributed by atoms with Crippen LogP contribution in [0.25, 0.3) is 0 Å². The van der Waals surface area contributed by atoms with E-state index >= 15 is 0 Å². The SMILES string of the molecule is CCOc1cccc2c1C(=O)C(O)C2=O. The van der Waals surface area contributed by atoms with E-state index in [-0.39, 0.29) is 11.1 Å². The third-order valence-corrected chi connectivity index (χ3v) is 2.33. The molecule has 15 heavy (non-hydrogen) atoms. The van der Waals surface area contributed by atoms with Gasteiger partial charge in [0.25, 0.3) is 0 Å². The van der Waals surface area contributed by atoms with Crippen LogP contribution in [0.2, 0.25) is 0 Å². The van der Waals surface area contributed by atoms with Crippen LogP contribution in [0.4, 0.5) is 0 Å². The van der Waals surface area contributed by atoms with Crippen molar-refractivity contribution in [3.05, 3.63) is 29.3 Å². The van der Waals surface area contributed by atoms with Crippen LogP contribution in [0, 0.1) is 0 Å². The second-order valence-electron chi connectivity index (χ2n) is 3.24. The molecule has 1 aromatic carbocycles. The van der Waals surface area contributed by atoms with E-state index in [1.807, 2.05) is 0 Å². The highest BCUT2D eigenvalue weighted by atomic mass is 16.5. The highest BCUT2D eigenvalue weighted by Gasteiger charge is 2.39. The quantitative estimate of drug-likeness (QED) is 0.728. The molecule has 0 aromatic heterocycles. The van der Waals surface area contributed by atoms with E-state index < -0.39 is 17.7 Å². The third-order valence-electron chi connectivity index (χ3n) is 2.33. The van der Waals surface area contributed by atoms with Gasteiger partial charge >= 0.3 is 0 Å². The number of aliphatic hydroxyl groups is 1. The fraction of sp³-hybridized carbons (Fsp3) is 0.273. The molecule has 0 fully saturated rings. The van der Waals surface area contributed by atoms with Crippen molar-refractivity contribution in [2.24, 2.45) is 0 Å². The van der Waals surface area contributed by atoms with Gasteiger partial charge in [-0.2, -0.15) is 0 Å². The van der Waals surface area contributed by atoms with Crippen molar-refractivity contribution in [1.29, 1.82) is 0 Å². The second-order valence-corrected chi connectivity index (χ2v) is 3.24. The lowest BCUT2D eigenvalue weighted by atomic mass is 10.1. The Kier molecular flexibility index (Phi) is 2.28. The Bertz CT molecular complexity index is 436. The molecule has 1 aliphatic rings. The van der Waals surface area contributed by atoms with Gasteiger partial charge in [0.2, 0.25) is 5.78 Å². The second kappa shape index (κ2) is 3.47. The smallest absolute Gasteiger partial charge is 0.203 e. The van der Waals surface area contributed by atoms with Crippen LogP contribution in [0.5, 0.6) is 5.75 Å². The van der Waals surface area contributed by atoms with E-state index in [0.29, 0.717) is 12.4 Å². The van der Waals surface area contributed by atoms with Crippen LogP contribution >= 0.6 is 0 Å². The minimum Gasteiger partial charge on any atom is -0.493 e. The first kappa shape index (κ1) is 9.86. The highest BCUT2D eigenvalue weighted by Crippen LogP contribution is 2.30. The number of fused-ring (bicyclic) bond motifs is 1. The zero-order chi connectivity index (χ0) is 11.0. The maximum Gasteiger partial charge on any atom is 0.203 e. The van der Waals surface area contributed by atoms with E-state index in [1.165, 1.54) is 6.07 Å². The minimum absolute atomic E-state index is 0.205. The monoisotopic (exact) mass is 206 g/mol. The largest absolute Gasteiger partial charge is 0.493 e. The Morgan fingerprint density at radius 2 is 2.07 bits per heavy atom. The molecule has 2 rings (SSSR count). The summed E-state index contributed by atoms with van der Waals surface area (Å²) >= 11 is 0. The Morgan fingerprint density at radius 1 is 1.33 bits per heavy atom. The molecule has 0 spiro atoms. The topological polar surface area (TPSA) is 63.6 Å². The molecular formula is C11H10O4. The molecule has 78 valence electrons. The summed E-state index contributed by atoms with van der Waals surface area (Å²) in [5.41, 5.74) is 0.454. The summed E-state index contributed by atoms with van der Waals surface area (Å²) in [7, 11) is 0. The number of hydrogen-bond acceptors (Lipinski definition) is 4. The molecule has 4 nitrogen and oxygen atoms in total. The van der Waals surface area contributed by atoms with Crippen LogP contribution in [-0.2, 0) is 0 Å². The summed E-state index contributed by atoms with van der Waals surface area (Å²) in [6.07, 6.45) is -1.55. The average molecular weight is 206 g/mol. The molecule has 1 N–H and O–H groups in total. The lowest BCUT2D eigenvalue weighted by molar-refractivity contribution is 0.0662. The van der Waals surface area contributed by atoms with Crippen molar-refractivity contribution >= 4 is 11.6 Å². The van der Waals surface area contributed by atoms with E-state index in [4.69, 9.17) is 4.74 Å². The van der Waals surface area contributed by atoms with Crippen LogP contribution < -0.4 is 4.74 Å². The molecule has 1 unspecified atom stereocenters. The third kappa shape index (κ3) is 1.34. The Hall–Kier alpha value is -1.68. The van der Waals surface area contributed by atoms with Gasteiger partial charge in [0.05, 0.1) is 12.2 Å². The summed E-state index contributed by atoms with van der Waals surface area (Å²) in [5, 5.41) is 9.33. The molecule has 0 aliphatic heterocycles. The van der Waals surface area contributed by atoms with Gasteiger partial charge in [-0.1, -0.05) is 12.1 Å². The van der Waals surface area contributed by atoms with Gasteiger partial charge < -0.3 is 9.84 Å². The Labute approximate surface area is 86.5 Å². The summed E-state index contributed by atoms with van der Waals surface area (Å²) in [4.78, 5) is 23.0. The van der Waals surface area contributed by atoms with E-state index in [1.54, 1.807) is 19.1 Å². The van der Waals surface area contributed by atoms with Gasteiger partial charge in [0.1, 0.15) is 5.75 Å². The zero-order valence-corrected chi connectivity index (χ0v) is 8.19. The average Bonchev–Trinajstić information content (AvgIpc) is 2.46. The molecule has 4 heteroatoms. The van der Waals surface area contributed by atoms with Crippen molar-refractivity contribution in [3.63, 3.8) is 0 Å². The van der Waals surface area contributed by atoms with Crippen LogP contribution in [-0.4, -0.2) is 29.4 Å². The van der Waals surface area contributed by atoms with E-state index in [0.717, 1.165) is 0 Å². The predicted octanol–water partition coefficient (Wildman–Crippen LogP) is 0.825. The number of Topliss-reactive ketones (excluding diaryl/α,β-unsaturated/α-hetero) is 2. The summed E-state index contributed by atoms with van der Waals surface area (Å²) in [5.74, 6) is -0.750. The lowest BCUT2D eigenvalue weighted by Crippen LogP contribution is -2.20. The fourth-order valence-electron chi connectivity index (χ4n) is 1.67. The van der Waals surface area contributed by atoms with Crippen LogP contribution in [0.3, 0.4) is 0 Å². The van der Waals surface area contributed by atoms with Gasteiger partial charge in [-0.25, -0.2) is 0 Å². The predicted molar refractivity (Wildman–Crippen MR) is 52.3 cm³/mol. The standard InChI is InChI=1S/C11H10O4/c1-2-15-7-5-3-4-6-8(7)10(13)11(14)9(6)12/h3-5,11,14H,2H2,1H3. The van der Waals surface area contributed by atoms with Crippen molar-refractivity contribution in [1.82, 2.24) is 0 Å². The lowest BCUT2D eigenvalue weighted by Gasteiger charge is -2.06. The molecule has 0 saturated heterocycles. The van der Waals surface area contributed by atoms with E-state index in [9.17, 15) is 14.7 Å². The molecule has 0 saturated carbocycles. The molecular weight excluding hydrogens is 196 g/mol. The first-order chi connectivity index (χ1) is 7.16. The first-order valence-electron chi connectivity index (χ1n) is 4.69. The highest BCUT2D eigenvalue weighted by molar-refractivity contribution is 6.29. The normalized spacial score (nSPS) is 19.2. The van der Waals surface area contributed by atoms with Crippen molar-refractivity contribution < 1.29 is 19.4 Å². The zero-order valence-electron chi connectivity index (χ0n) is 8.19. The van der Waals surface area contributed by atoms with Crippen molar-refractivity contribution in [2.45, 2.75) is 13.0 Å². The molecule has 0 radical (unpaired) electrons. The maximum atomic E-state index is 11.6. The fourth-order valence-corrected chi connectivity index (χ4v) is 1.67. The number of aliphatic hydroxyl groups excluding tert-OH is 1. The first-order valence-corrected chi connectivity index (χ1v) is 4.69. The molecule has 1 aromatic rings. The van der Waals surface area contributed by atoms with Crippen LogP contribution in [0.1, 0.15) is 27.6 Å². The molecule has 1 atom stereocenters. The molecule has 0 heterocycles. The summed E-state index contributed by atoms with van der Waals surface area (Å²) in [6.45, 7) is 2.20. The minimum atomic E-state index is -1.55. The van der Waals surface area contributed by atoms with Gasteiger partial charge in [-0.3, -0.25) is 9.59 Å². The van der Waals surface area contributed by atoms with Gasteiger partial charge in [0, 0.05) is 5.56 Å². The number of ether oxygens (including phenoxy) is 1. The number of benzene rings is 1. The number of ketones is 2. The van der Waals surface area contributed by atoms with E-state index in [2.05, 4.69) is 0 Å². The van der Waals surface area contributed by atoms with Crippen molar-refractivity contribution in [2.75, 3.05) is 6.61 Å². The van der Waals surface area contributed by atoms with Gasteiger partial charge in [-0.05, 0) is 13.0 Å². The number of carbonyl (C=O) groups is 2. The number of rotatable bonds is 2. The molecule has 0 bridgehead atoms. The molecule has 1 aliphatic carbocycles. The van der Waals surface area contributed by atoms with Crippen molar-refractivity contribution in [3.8, 4) is 5.75 Å². The van der Waals surface area contributed by atoms with Crippen LogP contribution in [0.15, 0.2) is 18.2 Å². The maximum absolute atomic E-state index is 11.6. The van der Waals surface area contributed by atoms with Gasteiger partial charge in [-0.15, -0.1) is 0 Å².